The van der Waals surface area contributed by atoms with Crippen LogP contribution in [0.15, 0.2) is 95.5 Å². The highest BCUT2D eigenvalue weighted by molar-refractivity contribution is 8.13. The molecule has 1 aliphatic rings. The Balaban J connectivity index is 1.33. The molecule has 0 aliphatic carbocycles. The lowest BCUT2D eigenvalue weighted by Crippen LogP contribution is -2.48. The van der Waals surface area contributed by atoms with E-state index in [-0.39, 0.29) is 6.17 Å². The fourth-order valence-corrected chi connectivity index (χ4v) is 5.27. The van der Waals surface area contributed by atoms with E-state index in [0.717, 1.165) is 40.5 Å². The van der Waals surface area contributed by atoms with Gasteiger partial charge in [-0.3, -0.25) is 5.32 Å². The monoisotopic (exact) mass is 599 g/mol. The van der Waals surface area contributed by atoms with Crippen LogP contribution in [0.3, 0.4) is 0 Å². The topological polar surface area (TPSA) is 114 Å². The Bertz CT molecular complexity index is 1330. The molecule has 3 aromatic carbocycles. The van der Waals surface area contributed by atoms with E-state index in [1.54, 1.807) is 11.8 Å². The minimum Gasteiger partial charge on any atom is -0.379 e. The van der Waals surface area contributed by atoms with E-state index < -0.39 is 0 Å². The summed E-state index contributed by atoms with van der Waals surface area (Å²) in [5.41, 5.74) is 11.1. The number of hydrogen-bond acceptors (Lipinski definition) is 9. The molecule has 8 nitrogen and oxygen atoms in total. The summed E-state index contributed by atoms with van der Waals surface area (Å²) in [4.78, 5) is 4.92. The summed E-state index contributed by atoms with van der Waals surface area (Å²) < 4.78 is 16.7. The summed E-state index contributed by atoms with van der Waals surface area (Å²) >= 11 is 1.63. The lowest BCUT2D eigenvalue weighted by atomic mass is 10.00. The van der Waals surface area contributed by atoms with Crippen LogP contribution in [-0.2, 0) is 20.0 Å². The maximum Gasteiger partial charge on any atom is 0.163 e. The predicted octanol–water partition coefficient (Wildman–Crippen LogP) is 5.19. The van der Waals surface area contributed by atoms with Crippen molar-refractivity contribution >= 4 is 22.6 Å². The number of nitrogens with two attached hydrogens (primary N) is 1. The van der Waals surface area contributed by atoms with Crippen LogP contribution in [0.2, 0.25) is 0 Å². The van der Waals surface area contributed by atoms with Gasteiger partial charge in [-0.2, -0.15) is 5.26 Å². The number of ether oxygens (including phenoxy) is 3. The van der Waals surface area contributed by atoms with Crippen LogP contribution in [-0.4, -0.2) is 64.1 Å². The van der Waals surface area contributed by atoms with Gasteiger partial charge in [-0.25, -0.2) is 4.99 Å². The van der Waals surface area contributed by atoms with Crippen molar-refractivity contribution in [2.24, 2.45) is 10.7 Å². The van der Waals surface area contributed by atoms with Gasteiger partial charge in [0, 0.05) is 24.5 Å². The van der Waals surface area contributed by atoms with Gasteiger partial charge in [0.25, 0.3) is 0 Å². The average molecular weight is 600 g/mol. The van der Waals surface area contributed by atoms with Crippen LogP contribution in [0.5, 0.6) is 0 Å². The van der Waals surface area contributed by atoms with Crippen LogP contribution in [0.1, 0.15) is 24.0 Å². The quantitative estimate of drug-likeness (QED) is 0.171. The largest absolute Gasteiger partial charge is 0.379 e. The van der Waals surface area contributed by atoms with Gasteiger partial charge in [0.2, 0.25) is 0 Å². The molecule has 0 spiro atoms. The number of nitrogens with one attached hydrogen (secondary N) is 2. The van der Waals surface area contributed by atoms with Gasteiger partial charge in [-0.05, 0) is 42.6 Å². The van der Waals surface area contributed by atoms with Crippen molar-refractivity contribution in [1.82, 2.24) is 10.6 Å². The molecule has 0 aromatic heterocycles. The highest BCUT2D eigenvalue weighted by Crippen LogP contribution is 2.29. The summed E-state index contributed by atoms with van der Waals surface area (Å²) in [5, 5.41) is 17.9. The third-order valence-corrected chi connectivity index (χ3v) is 7.64. The van der Waals surface area contributed by atoms with Gasteiger partial charge in [0.1, 0.15) is 12.2 Å². The van der Waals surface area contributed by atoms with Crippen LogP contribution >= 0.6 is 11.8 Å². The average Bonchev–Trinajstić information content (AvgIpc) is 3.06. The van der Waals surface area contributed by atoms with Crippen molar-refractivity contribution in [1.29, 1.82) is 5.26 Å². The molecule has 226 valence electrons. The van der Waals surface area contributed by atoms with Crippen LogP contribution < -0.4 is 16.4 Å². The SMILES string of the molecule is N#CC1=C(c2ccc(-c3ccccc3)cc2)N=C(SCc2ccccc2)NC1NCCCOCCOCCOCCCN. The van der Waals surface area contributed by atoms with E-state index in [1.165, 1.54) is 5.56 Å². The predicted molar refractivity (Wildman–Crippen MR) is 175 cm³/mol. The Kier molecular flexibility index (Phi) is 14.3. The van der Waals surface area contributed by atoms with Gasteiger partial charge < -0.3 is 25.3 Å². The normalized spacial score (nSPS) is 14.7. The number of thioether (sulfide) groups is 1. The smallest absolute Gasteiger partial charge is 0.163 e. The Hall–Kier alpha value is -3.49. The zero-order valence-corrected chi connectivity index (χ0v) is 25.4. The molecule has 0 saturated carbocycles. The molecule has 1 unspecified atom stereocenters. The molecule has 4 rings (SSSR count). The fraction of sp³-hybridized carbons (Fsp3) is 0.353. The number of amidine groups is 1. The summed E-state index contributed by atoms with van der Waals surface area (Å²) in [7, 11) is 0. The molecule has 1 aliphatic heterocycles. The maximum absolute atomic E-state index is 10.2. The molecular formula is C34H41N5O3S. The molecule has 0 saturated heterocycles. The van der Waals surface area contributed by atoms with Crippen molar-refractivity contribution < 1.29 is 14.2 Å². The van der Waals surface area contributed by atoms with E-state index in [4.69, 9.17) is 24.9 Å². The van der Waals surface area contributed by atoms with Crippen LogP contribution in [0, 0.1) is 11.3 Å². The summed E-state index contributed by atoms with van der Waals surface area (Å²) in [5.74, 6) is 0.775. The van der Waals surface area contributed by atoms with Crippen molar-refractivity contribution in [2.45, 2.75) is 24.8 Å². The molecule has 1 atom stereocenters. The zero-order valence-electron chi connectivity index (χ0n) is 24.5. The number of hydrogen-bond donors (Lipinski definition) is 3. The second-order valence-corrected chi connectivity index (χ2v) is 10.8. The molecular weight excluding hydrogens is 558 g/mol. The number of rotatable bonds is 18. The molecule has 0 radical (unpaired) electrons. The molecule has 3 aromatic rings. The second kappa shape index (κ2) is 18.9. The van der Waals surface area contributed by atoms with Crippen molar-refractivity contribution in [3.05, 3.63) is 102 Å². The Morgan fingerprint density at radius 3 is 2.00 bits per heavy atom. The number of benzene rings is 3. The first-order valence-electron chi connectivity index (χ1n) is 14.8. The minimum absolute atomic E-state index is 0.354. The first-order chi connectivity index (χ1) is 21.3. The summed E-state index contributed by atoms with van der Waals surface area (Å²) in [6.45, 7) is 4.77. The maximum atomic E-state index is 10.2. The Morgan fingerprint density at radius 2 is 1.35 bits per heavy atom. The van der Waals surface area contributed by atoms with Crippen LogP contribution in [0.4, 0.5) is 0 Å². The van der Waals surface area contributed by atoms with Gasteiger partial charge in [0.05, 0.1) is 37.7 Å². The first kappa shape index (κ1) is 32.4. The van der Waals surface area contributed by atoms with E-state index >= 15 is 0 Å². The molecule has 1 heterocycles. The van der Waals surface area contributed by atoms with Crippen molar-refractivity contribution in [3.8, 4) is 17.2 Å². The third kappa shape index (κ3) is 10.9. The molecule has 0 fully saturated rings. The lowest BCUT2D eigenvalue weighted by molar-refractivity contribution is 0.0140. The fourth-order valence-electron chi connectivity index (χ4n) is 4.42. The Labute approximate surface area is 259 Å². The van der Waals surface area contributed by atoms with Crippen molar-refractivity contribution in [3.63, 3.8) is 0 Å². The lowest BCUT2D eigenvalue weighted by Gasteiger charge is -2.27. The van der Waals surface area contributed by atoms with Crippen LogP contribution in [0.25, 0.3) is 16.8 Å². The van der Waals surface area contributed by atoms with Gasteiger partial charge >= 0.3 is 0 Å². The molecule has 0 amide bonds. The van der Waals surface area contributed by atoms with Gasteiger partial charge in [-0.1, -0.05) is 96.7 Å². The van der Waals surface area contributed by atoms with E-state index in [1.807, 2.05) is 48.5 Å². The summed E-state index contributed by atoms with van der Waals surface area (Å²) in [6.07, 6.45) is 1.31. The number of nitriles is 1. The van der Waals surface area contributed by atoms with Crippen molar-refractivity contribution in [2.75, 3.05) is 52.7 Å². The standard InChI is InChI=1S/C34H41N5O3S/c35-17-7-19-40-21-23-42-24-22-41-20-8-18-37-33-31(25-36)32(38-34(39-33)43-26-27-9-3-1-4-10-27)30-15-13-29(14-16-30)28-11-5-2-6-12-28/h1-6,9-16,33,37H,7-8,17-24,26,35H2,(H,38,39). The van der Waals surface area contributed by atoms with E-state index in [0.29, 0.717) is 64.0 Å². The number of aliphatic imine (C=N–C) groups is 1. The second-order valence-electron chi connectivity index (χ2n) is 9.87. The third-order valence-electron chi connectivity index (χ3n) is 6.68. The van der Waals surface area contributed by atoms with E-state index in [9.17, 15) is 5.26 Å². The molecule has 4 N–H and O–H groups in total. The minimum atomic E-state index is -0.354. The molecule has 43 heavy (non-hydrogen) atoms. The highest BCUT2D eigenvalue weighted by Gasteiger charge is 2.25. The highest BCUT2D eigenvalue weighted by atomic mass is 32.2. The van der Waals surface area contributed by atoms with E-state index in [2.05, 4.69) is 53.1 Å². The zero-order chi connectivity index (χ0) is 30.0. The first-order valence-corrected chi connectivity index (χ1v) is 15.8. The number of nitrogens with zero attached hydrogens (tertiary/aromatic N) is 2. The van der Waals surface area contributed by atoms with Gasteiger partial charge in [-0.15, -0.1) is 0 Å². The molecule has 9 heteroatoms. The summed E-state index contributed by atoms with van der Waals surface area (Å²) in [6, 6.07) is 31.2. The molecule has 0 bridgehead atoms. The Morgan fingerprint density at radius 1 is 0.767 bits per heavy atom. The van der Waals surface area contributed by atoms with Gasteiger partial charge in [0.15, 0.2) is 5.17 Å².